The number of ketones is 1. The van der Waals surface area contributed by atoms with Crippen molar-refractivity contribution in [3.05, 3.63) is 69.7 Å². The SMILES string of the molecule is O=C(Cc1ccc(Cl)c(Cl)c1)CN1CCN(Cc2ccccc2)CC1. The van der Waals surface area contributed by atoms with Crippen molar-refractivity contribution in [3.63, 3.8) is 0 Å². The van der Waals surface area contributed by atoms with Crippen molar-refractivity contribution < 1.29 is 4.79 Å². The Kier molecular flexibility index (Phi) is 6.49. The number of nitrogens with zero attached hydrogens (tertiary/aromatic N) is 2. The summed E-state index contributed by atoms with van der Waals surface area (Å²) in [7, 11) is 0. The summed E-state index contributed by atoms with van der Waals surface area (Å²) < 4.78 is 0. The van der Waals surface area contributed by atoms with Gasteiger partial charge in [0.05, 0.1) is 16.6 Å². The van der Waals surface area contributed by atoms with Crippen LogP contribution >= 0.6 is 23.2 Å². The molecule has 1 fully saturated rings. The Morgan fingerprint density at radius 1 is 0.840 bits per heavy atom. The van der Waals surface area contributed by atoms with Gasteiger partial charge in [-0.25, -0.2) is 0 Å². The lowest BCUT2D eigenvalue weighted by Crippen LogP contribution is -2.47. The lowest BCUT2D eigenvalue weighted by Gasteiger charge is -2.34. The molecule has 1 saturated heterocycles. The Hall–Kier alpha value is -1.39. The van der Waals surface area contributed by atoms with Crippen LogP contribution in [0.1, 0.15) is 11.1 Å². The van der Waals surface area contributed by atoms with Crippen LogP contribution in [0.5, 0.6) is 0 Å². The zero-order valence-corrected chi connectivity index (χ0v) is 15.6. The van der Waals surface area contributed by atoms with E-state index in [4.69, 9.17) is 23.2 Å². The summed E-state index contributed by atoms with van der Waals surface area (Å²) in [4.78, 5) is 17.0. The van der Waals surface area contributed by atoms with Crippen molar-refractivity contribution in [1.29, 1.82) is 0 Å². The molecule has 2 aromatic carbocycles. The van der Waals surface area contributed by atoms with Gasteiger partial charge < -0.3 is 0 Å². The van der Waals surface area contributed by atoms with Crippen LogP contribution in [0.2, 0.25) is 10.0 Å². The van der Waals surface area contributed by atoms with Gasteiger partial charge in [0.25, 0.3) is 0 Å². The summed E-state index contributed by atoms with van der Waals surface area (Å²) in [5, 5.41) is 1.02. The van der Waals surface area contributed by atoms with Gasteiger partial charge in [-0.05, 0) is 23.3 Å². The van der Waals surface area contributed by atoms with Crippen LogP contribution in [-0.4, -0.2) is 48.3 Å². The average Bonchev–Trinajstić information content (AvgIpc) is 2.61. The van der Waals surface area contributed by atoms with Gasteiger partial charge in [-0.2, -0.15) is 0 Å². The topological polar surface area (TPSA) is 23.6 Å². The molecule has 0 saturated carbocycles. The molecule has 2 aromatic rings. The molecule has 0 N–H and O–H groups in total. The molecule has 1 heterocycles. The first-order chi connectivity index (χ1) is 12.1. The normalized spacial score (nSPS) is 16.1. The second kappa shape index (κ2) is 8.81. The van der Waals surface area contributed by atoms with E-state index in [2.05, 4.69) is 34.1 Å². The third kappa shape index (κ3) is 5.55. The first-order valence-corrected chi connectivity index (χ1v) is 9.30. The number of Topliss-reactive ketones (excluding diaryl/α,β-unsaturated/α-hetero) is 1. The fourth-order valence-electron chi connectivity index (χ4n) is 3.13. The van der Waals surface area contributed by atoms with Crippen LogP contribution in [0.15, 0.2) is 48.5 Å². The van der Waals surface area contributed by atoms with E-state index >= 15 is 0 Å². The summed E-state index contributed by atoms with van der Waals surface area (Å²) in [6.45, 7) is 5.33. The second-order valence-electron chi connectivity index (χ2n) is 6.50. The highest BCUT2D eigenvalue weighted by atomic mass is 35.5. The standard InChI is InChI=1S/C20H22Cl2N2O/c21-19-7-6-17(13-20(19)22)12-18(25)15-24-10-8-23(9-11-24)14-16-4-2-1-3-5-16/h1-7,13H,8-12,14-15H2. The molecule has 0 radical (unpaired) electrons. The minimum atomic E-state index is 0.217. The van der Waals surface area contributed by atoms with Crippen LogP contribution < -0.4 is 0 Å². The third-order valence-electron chi connectivity index (χ3n) is 4.50. The van der Waals surface area contributed by atoms with E-state index in [1.54, 1.807) is 12.1 Å². The van der Waals surface area contributed by atoms with Gasteiger partial charge >= 0.3 is 0 Å². The Balaban J connectivity index is 1.43. The van der Waals surface area contributed by atoms with E-state index in [-0.39, 0.29) is 5.78 Å². The van der Waals surface area contributed by atoms with Gasteiger partial charge in [-0.3, -0.25) is 14.6 Å². The highest BCUT2D eigenvalue weighted by Gasteiger charge is 2.19. The van der Waals surface area contributed by atoms with E-state index in [9.17, 15) is 4.79 Å². The fourth-order valence-corrected chi connectivity index (χ4v) is 3.45. The van der Waals surface area contributed by atoms with Gasteiger partial charge in [-0.15, -0.1) is 0 Å². The molecule has 25 heavy (non-hydrogen) atoms. The van der Waals surface area contributed by atoms with Gasteiger partial charge in [0, 0.05) is 39.1 Å². The first kappa shape index (κ1) is 18.4. The Labute approximate surface area is 159 Å². The fraction of sp³-hybridized carbons (Fsp3) is 0.350. The van der Waals surface area contributed by atoms with Crippen molar-refractivity contribution in [1.82, 2.24) is 9.80 Å². The lowest BCUT2D eigenvalue weighted by molar-refractivity contribution is -0.120. The molecule has 0 aromatic heterocycles. The number of benzene rings is 2. The minimum absolute atomic E-state index is 0.217. The maximum Gasteiger partial charge on any atom is 0.151 e. The molecule has 0 spiro atoms. The summed E-state index contributed by atoms with van der Waals surface area (Å²) in [5.41, 5.74) is 2.26. The number of halogens is 2. The largest absolute Gasteiger partial charge is 0.298 e. The number of hydrogen-bond donors (Lipinski definition) is 0. The van der Waals surface area contributed by atoms with Crippen molar-refractivity contribution in [2.75, 3.05) is 32.7 Å². The zero-order chi connectivity index (χ0) is 17.6. The van der Waals surface area contributed by atoms with Crippen LogP contribution in [-0.2, 0) is 17.8 Å². The Morgan fingerprint density at radius 2 is 1.52 bits per heavy atom. The lowest BCUT2D eigenvalue weighted by atomic mass is 10.1. The van der Waals surface area contributed by atoms with E-state index in [1.165, 1.54) is 5.56 Å². The molecule has 3 nitrogen and oxygen atoms in total. The molecular weight excluding hydrogens is 355 g/mol. The molecular formula is C20H22Cl2N2O. The number of hydrogen-bond acceptors (Lipinski definition) is 3. The summed E-state index contributed by atoms with van der Waals surface area (Å²) in [6, 6.07) is 15.9. The van der Waals surface area contributed by atoms with Crippen LogP contribution in [0, 0.1) is 0 Å². The second-order valence-corrected chi connectivity index (χ2v) is 7.32. The van der Waals surface area contributed by atoms with E-state index < -0.39 is 0 Å². The molecule has 0 aliphatic carbocycles. The highest BCUT2D eigenvalue weighted by molar-refractivity contribution is 6.42. The predicted octanol–water partition coefficient (Wildman–Crippen LogP) is 3.92. The molecule has 0 unspecified atom stereocenters. The summed E-state index contributed by atoms with van der Waals surface area (Å²) >= 11 is 11.9. The Morgan fingerprint density at radius 3 is 2.20 bits per heavy atom. The first-order valence-electron chi connectivity index (χ1n) is 8.54. The number of carbonyl (C=O) groups excluding carboxylic acids is 1. The zero-order valence-electron chi connectivity index (χ0n) is 14.1. The molecule has 1 aliphatic rings. The molecule has 0 atom stereocenters. The number of piperazine rings is 1. The summed E-state index contributed by atoms with van der Waals surface area (Å²) in [5.74, 6) is 0.217. The molecule has 5 heteroatoms. The van der Waals surface area contributed by atoms with Gasteiger partial charge in [0.15, 0.2) is 5.78 Å². The van der Waals surface area contributed by atoms with E-state index in [1.807, 2.05) is 12.1 Å². The van der Waals surface area contributed by atoms with Crippen molar-refractivity contribution in [2.45, 2.75) is 13.0 Å². The molecule has 1 aliphatic heterocycles. The van der Waals surface area contributed by atoms with Gasteiger partial charge in [-0.1, -0.05) is 59.6 Å². The van der Waals surface area contributed by atoms with E-state index in [0.29, 0.717) is 23.0 Å². The maximum absolute atomic E-state index is 12.3. The Bertz CT molecular complexity index is 713. The van der Waals surface area contributed by atoms with Crippen LogP contribution in [0.4, 0.5) is 0 Å². The van der Waals surface area contributed by atoms with Crippen LogP contribution in [0.25, 0.3) is 0 Å². The van der Waals surface area contributed by atoms with Crippen LogP contribution in [0.3, 0.4) is 0 Å². The molecule has 0 amide bonds. The number of carbonyl (C=O) groups is 1. The van der Waals surface area contributed by atoms with Gasteiger partial charge in [0.1, 0.15) is 0 Å². The minimum Gasteiger partial charge on any atom is -0.298 e. The quantitative estimate of drug-likeness (QED) is 0.762. The van der Waals surface area contributed by atoms with Crippen molar-refractivity contribution in [3.8, 4) is 0 Å². The monoisotopic (exact) mass is 376 g/mol. The summed E-state index contributed by atoms with van der Waals surface area (Å²) in [6.07, 6.45) is 0.404. The highest BCUT2D eigenvalue weighted by Crippen LogP contribution is 2.23. The maximum atomic E-state index is 12.3. The van der Waals surface area contributed by atoms with Crippen molar-refractivity contribution >= 4 is 29.0 Å². The van der Waals surface area contributed by atoms with Crippen molar-refractivity contribution in [2.24, 2.45) is 0 Å². The third-order valence-corrected chi connectivity index (χ3v) is 5.24. The predicted molar refractivity (Wildman–Crippen MR) is 103 cm³/mol. The molecule has 132 valence electrons. The van der Waals surface area contributed by atoms with Gasteiger partial charge in [0.2, 0.25) is 0 Å². The molecule has 0 bridgehead atoms. The average molecular weight is 377 g/mol. The number of rotatable bonds is 6. The molecule has 3 rings (SSSR count). The van der Waals surface area contributed by atoms with E-state index in [0.717, 1.165) is 38.3 Å². The smallest absolute Gasteiger partial charge is 0.151 e.